The van der Waals surface area contributed by atoms with Crippen molar-refractivity contribution >= 4 is 15.9 Å². The molecule has 0 bridgehead atoms. The normalized spacial score (nSPS) is 14.9. The number of hydrogen-bond donors (Lipinski definition) is 1. The highest BCUT2D eigenvalue weighted by Gasteiger charge is 2.62. The predicted octanol–water partition coefficient (Wildman–Crippen LogP) is 3.08. The molecule has 1 atom stereocenters. The van der Waals surface area contributed by atoms with Gasteiger partial charge in [-0.1, -0.05) is 0 Å². The molecule has 8 heteroatoms. The molecule has 0 aliphatic carbocycles. The van der Waals surface area contributed by atoms with Crippen LogP contribution in [0.3, 0.4) is 0 Å². The SMILES string of the molecule is OC(c1cncc(Br)c1)C(F)(F)C(F)(F)F. The summed E-state index contributed by atoms with van der Waals surface area (Å²) in [6.45, 7) is 0. The molecule has 0 amide bonds. The molecule has 0 aromatic carbocycles. The maximum Gasteiger partial charge on any atom is 0.456 e. The standard InChI is InChI=1S/C8H5BrF5NO/c9-5-1-4(2-15-3-5)6(16)7(10,11)8(12,13)14/h1-3,6,16H. The molecule has 1 N–H and O–H groups in total. The minimum atomic E-state index is -5.81. The Morgan fingerprint density at radius 2 is 1.75 bits per heavy atom. The summed E-state index contributed by atoms with van der Waals surface area (Å²) in [4.78, 5) is 3.39. The number of aromatic nitrogens is 1. The zero-order valence-electron chi connectivity index (χ0n) is 7.47. The molecule has 0 saturated carbocycles. The van der Waals surface area contributed by atoms with Gasteiger partial charge in [0.25, 0.3) is 0 Å². The molecule has 1 aromatic rings. The molecule has 0 spiro atoms. The molecule has 0 fully saturated rings. The van der Waals surface area contributed by atoms with Crippen LogP contribution in [0.25, 0.3) is 0 Å². The van der Waals surface area contributed by atoms with E-state index in [1.165, 1.54) is 6.20 Å². The fraction of sp³-hybridized carbons (Fsp3) is 0.375. The molecular weight excluding hydrogens is 301 g/mol. The third kappa shape index (κ3) is 2.49. The van der Waals surface area contributed by atoms with Crippen LogP contribution < -0.4 is 0 Å². The van der Waals surface area contributed by atoms with E-state index in [2.05, 4.69) is 20.9 Å². The minimum absolute atomic E-state index is 0.196. The van der Waals surface area contributed by atoms with Crippen LogP contribution in [-0.2, 0) is 0 Å². The number of nitrogens with zero attached hydrogens (tertiary/aromatic N) is 1. The van der Waals surface area contributed by atoms with Gasteiger partial charge in [0.05, 0.1) is 0 Å². The molecule has 1 heterocycles. The van der Waals surface area contributed by atoms with E-state index >= 15 is 0 Å². The Morgan fingerprint density at radius 1 is 1.19 bits per heavy atom. The first kappa shape index (κ1) is 13.3. The summed E-state index contributed by atoms with van der Waals surface area (Å²) in [5.41, 5.74) is -0.614. The van der Waals surface area contributed by atoms with Crippen LogP contribution >= 0.6 is 15.9 Å². The largest absolute Gasteiger partial charge is 0.456 e. The maximum atomic E-state index is 12.7. The van der Waals surface area contributed by atoms with Crippen LogP contribution in [0.5, 0.6) is 0 Å². The Bertz CT molecular complexity index is 381. The van der Waals surface area contributed by atoms with Gasteiger partial charge in [0.2, 0.25) is 0 Å². The molecule has 1 rings (SSSR count). The molecular formula is C8H5BrF5NO. The summed E-state index contributed by atoms with van der Waals surface area (Å²) in [5.74, 6) is -5.21. The first-order valence-corrected chi connectivity index (χ1v) is 4.68. The summed E-state index contributed by atoms with van der Waals surface area (Å²) in [7, 11) is 0. The number of aliphatic hydroxyl groups is 1. The Morgan fingerprint density at radius 3 is 2.19 bits per heavy atom. The molecule has 2 nitrogen and oxygen atoms in total. The van der Waals surface area contributed by atoms with Crippen LogP contribution in [0, 0.1) is 0 Å². The van der Waals surface area contributed by atoms with E-state index in [0.29, 0.717) is 0 Å². The van der Waals surface area contributed by atoms with E-state index in [9.17, 15) is 22.0 Å². The van der Waals surface area contributed by atoms with Crippen molar-refractivity contribution < 1.29 is 27.1 Å². The van der Waals surface area contributed by atoms with E-state index in [1.54, 1.807) is 0 Å². The van der Waals surface area contributed by atoms with Crippen LogP contribution in [0.1, 0.15) is 11.7 Å². The van der Waals surface area contributed by atoms with E-state index in [0.717, 1.165) is 12.3 Å². The van der Waals surface area contributed by atoms with Crippen molar-refractivity contribution in [2.45, 2.75) is 18.2 Å². The topological polar surface area (TPSA) is 33.1 Å². The predicted molar refractivity (Wildman–Crippen MR) is 47.9 cm³/mol. The van der Waals surface area contributed by atoms with Crippen LogP contribution in [0.2, 0.25) is 0 Å². The van der Waals surface area contributed by atoms with E-state index in [1.807, 2.05) is 0 Å². The summed E-state index contributed by atoms with van der Waals surface area (Å²) in [6, 6.07) is 0.942. The fourth-order valence-electron chi connectivity index (χ4n) is 0.942. The minimum Gasteiger partial charge on any atom is -0.382 e. The quantitative estimate of drug-likeness (QED) is 0.852. The number of rotatable bonds is 2. The molecule has 0 aliphatic heterocycles. The van der Waals surface area contributed by atoms with Crippen molar-refractivity contribution in [3.8, 4) is 0 Å². The van der Waals surface area contributed by atoms with Gasteiger partial charge >= 0.3 is 12.1 Å². The van der Waals surface area contributed by atoms with Crippen LogP contribution in [0.15, 0.2) is 22.9 Å². The summed E-state index contributed by atoms with van der Waals surface area (Å²) < 4.78 is 61.4. The lowest BCUT2D eigenvalue weighted by Crippen LogP contribution is -2.42. The highest BCUT2D eigenvalue weighted by molar-refractivity contribution is 9.10. The van der Waals surface area contributed by atoms with Crippen molar-refractivity contribution in [3.05, 3.63) is 28.5 Å². The zero-order chi connectivity index (χ0) is 12.6. The second-order valence-electron chi connectivity index (χ2n) is 2.96. The highest BCUT2D eigenvalue weighted by Crippen LogP contribution is 2.44. The first-order chi connectivity index (χ1) is 7.16. The number of hydrogen-bond acceptors (Lipinski definition) is 2. The van der Waals surface area contributed by atoms with Gasteiger partial charge < -0.3 is 5.11 Å². The van der Waals surface area contributed by atoms with Crippen molar-refractivity contribution in [1.82, 2.24) is 4.98 Å². The highest BCUT2D eigenvalue weighted by atomic mass is 79.9. The maximum absolute atomic E-state index is 12.7. The van der Waals surface area contributed by atoms with Crippen molar-refractivity contribution in [1.29, 1.82) is 0 Å². The molecule has 1 unspecified atom stereocenters. The lowest BCUT2D eigenvalue weighted by molar-refractivity contribution is -0.315. The van der Waals surface area contributed by atoms with Gasteiger partial charge in [-0.3, -0.25) is 4.98 Å². The van der Waals surface area contributed by atoms with E-state index in [4.69, 9.17) is 5.11 Å². The Kier molecular flexibility index (Phi) is 3.53. The van der Waals surface area contributed by atoms with Gasteiger partial charge in [0.1, 0.15) is 0 Å². The average molecular weight is 306 g/mol. The van der Waals surface area contributed by atoms with Gasteiger partial charge in [-0.2, -0.15) is 22.0 Å². The zero-order valence-corrected chi connectivity index (χ0v) is 9.06. The monoisotopic (exact) mass is 305 g/mol. The van der Waals surface area contributed by atoms with Crippen molar-refractivity contribution in [2.24, 2.45) is 0 Å². The third-order valence-corrected chi connectivity index (χ3v) is 2.20. The fourth-order valence-corrected chi connectivity index (χ4v) is 1.32. The number of pyridine rings is 1. The van der Waals surface area contributed by atoms with Gasteiger partial charge in [-0.25, -0.2) is 0 Å². The Hall–Kier alpha value is -0.760. The van der Waals surface area contributed by atoms with Gasteiger partial charge in [-0.05, 0) is 22.0 Å². The van der Waals surface area contributed by atoms with Gasteiger partial charge in [0.15, 0.2) is 6.10 Å². The smallest absolute Gasteiger partial charge is 0.382 e. The molecule has 0 aliphatic rings. The lowest BCUT2D eigenvalue weighted by Gasteiger charge is -2.24. The van der Waals surface area contributed by atoms with Crippen molar-refractivity contribution in [2.75, 3.05) is 0 Å². The van der Waals surface area contributed by atoms with E-state index < -0.39 is 23.8 Å². The lowest BCUT2D eigenvalue weighted by atomic mass is 10.1. The van der Waals surface area contributed by atoms with Gasteiger partial charge in [-0.15, -0.1) is 0 Å². The van der Waals surface area contributed by atoms with E-state index in [-0.39, 0.29) is 4.47 Å². The number of aliphatic hydroxyl groups excluding tert-OH is 1. The molecule has 16 heavy (non-hydrogen) atoms. The molecule has 1 aromatic heterocycles. The van der Waals surface area contributed by atoms with Crippen LogP contribution in [0.4, 0.5) is 22.0 Å². The average Bonchev–Trinajstić information content (AvgIpc) is 2.14. The Labute approximate surface area is 95.2 Å². The van der Waals surface area contributed by atoms with Crippen molar-refractivity contribution in [3.63, 3.8) is 0 Å². The molecule has 0 radical (unpaired) electrons. The Balaban J connectivity index is 3.07. The number of alkyl halides is 5. The van der Waals surface area contributed by atoms with Crippen LogP contribution in [-0.4, -0.2) is 22.2 Å². The second kappa shape index (κ2) is 4.25. The summed E-state index contributed by atoms with van der Waals surface area (Å²) in [5, 5.41) is 8.98. The molecule has 0 saturated heterocycles. The number of halogens is 6. The summed E-state index contributed by atoms with van der Waals surface area (Å²) >= 11 is 2.85. The third-order valence-electron chi connectivity index (χ3n) is 1.76. The first-order valence-electron chi connectivity index (χ1n) is 3.89. The summed E-state index contributed by atoms with van der Waals surface area (Å²) in [6.07, 6.45) is -6.84. The second-order valence-corrected chi connectivity index (χ2v) is 3.88. The van der Waals surface area contributed by atoms with Gasteiger partial charge in [0, 0.05) is 22.4 Å². The molecule has 90 valence electrons.